The monoisotopic (exact) mass is 365 g/mol. The highest BCUT2D eigenvalue weighted by Gasteiger charge is 2.10. The molecular weight excluding hydrogens is 357 g/mol. The number of aromatic carboxylic acids is 1. The minimum absolute atomic E-state index is 0.166. The van der Waals surface area contributed by atoms with E-state index in [-0.39, 0.29) is 5.56 Å². The van der Waals surface area contributed by atoms with Crippen molar-refractivity contribution in [1.82, 2.24) is 0 Å². The fourth-order valence-electron chi connectivity index (χ4n) is 1.71. The third-order valence-corrected chi connectivity index (χ3v) is 4.48. The summed E-state index contributed by atoms with van der Waals surface area (Å²) >= 11 is 4.53. The molecule has 0 unspecified atom stereocenters. The normalized spacial score (nSPS) is 10.1. The van der Waals surface area contributed by atoms with Crippen LogP contribution in [0.1, 0.15) is 21.5 Å². The van der Waals surface area contributed by atoms with Gasteiger partial charge in [0.25, 0.3) is 0 Å². The van der Waals surface area contributed by atoms with Crippen molar-refractivity contribution >= 4 is 33.7 Å². The van der Waals surface area contributed by atoms with Crippen LogP contribution in [0, 0.1) is 17.1 Å². The number of hydrogen-bond acceptors (Lipinski definition) is 3. The Balaban J connectivity index is 2.21. The molecule has 0 aliphatic carbocycles. The van der Waals surface area contributed by atoms with Crippen molar-refractivity contribution in [3.05, 3.63) is 63.4 Å². The lowest BCUT2D eigenvalue weighted by atomic mass is 10.1. The molecule has 106 valence electrons. The smallest absolute Gasteiger partial charge is 0.336 e. The maximum atomic E-state index is 13.2. The maximum absolute atomic E-state index is 13.2. The fourth-order valence-corrected chi connectivity index (χ4v) is 3.05. The van der Waals surface area contributed by atoms with Crippen LogP contribution in [-0.4, -0.2) is 11.1 Å². The van der Waals surface area contributed by atoms with E-state index in [9.17, 15) is 9.18 Å². The topological polar surface area (TPSA) is 61.1 Å². The van der Waals surface area contributed by atoms with Crippen molar-refractivity contribution < 1.29 is 14.3 Å². The van der Waals surface area contributed by atoms with Crippen molar-refractivity contribution in [3.8, 4) is 6.07 Å². The Bertz CT molecular complexity index is 743. The first-order valence-electron chi connectivity index (χ1n) is 5.85. The van der Waals surface area contributed by atoms with Gasteiger partial charge in [-0.2, -0.15) is 5.26 Å². The fraction of sp³-hybridized carbons (Fsp3) is 0.0667. The minimum atomic E-state index is -1.02. The summed E-state index contributed by atoms with van der Waals surface area (Å²) in [7, 11) is 0. The van der Waals surface area contributed by atoms with Crippen molar-refractivity contribution in [2.24, 2.45) is 0 Å². The van der Waals surface area contributed by atoms with Crippen molar-refractivity contribution in [1.29, 1.82) is 5.26 Å². The highest BCUT2D eigenvalue weighted by molar-refractivity contribution is 9.10. The van der Waals surface area contributed by atoms with E-state index in [1.807, 2.05) is 6.07 Å². The van der Waals surface area contributed by atoms with Gasteiger partial charge in [0, 0.05) is 15.1 Å². The SMILES string of the molecule is N#Cc1ccc(F)cc1CSc1ccc(Br)c(C(=O)O)c1. The first-order valence-corrected chi connectivity index (χ1v) is 7.63. The van der Waals surface area contributed by atoms with Gasteiger partial charge in [-0.25, -0.2) is 9.18 Å². The average Bonchev–Trinajstić information content (AvgIpc) is 2.46. The first-order chi connectivity index (χ1) is 10.0. The summed E-state index contributed by atoms with van der Waals surface area (Å²) in [5, 5.41) is 18.1. The van der Waals surface area contributed by atoms with Gasteiger partial charge in [-0.15, -0.1) is 11.8 Å². The summed E-state index contributed by atoms with van der Waals surface area (Å²) in [6, 6.07) is 11.0. The lowest BCUT2D eigenvalue weighted by Gasteiger charge is -2.06. The molecule has 0 fully saturated rings. The minimum Gasteiger partial charge on any atom is -0.478 e. The van der Waals surface area contributed by atoms with Crippen molar-refractivity contribution in [2.45, 2.75) is 10.6 Å². The van der Waals surface area contributed by atoms with E-state index in [0.29, 0.717) is 21.4 Å². The number of carboxylic acids is 1. The van der Waals surface area contributed by atoms with Crippen LogP contribution in [0.5, 0.6) is 0 Å². The van der Waals surface area contributed by atoms with Crippen LogP contribution in [0.15, 0.2) is 45.8 Å². The van der Waals surface area contributed by atoms with E-state index in [1.165, 1.54) is 30.0 Å². The molecule has 0 saturated heterocycles. The van der Waals surface area contributed by atoms with Gasteiger partial charge in [0.2, 0.25) is 0 Å². The number of halogens is 2. The number of thioether (sulfide) groups is 1. The molecule has 0 aliphatic rings. The summed E-state index contributed by atoms with van der Waals surface area (Å²) in [6.07, 6.45) is 0. The van der Waals surface area contributed by atoms with Gasteiger partial charge in [-0.1, -0.05) is 0 Å². The molecule has 6 heteroatoms. The standard InChI is InChI=1S/C15H9BrFNO2S/c16-14-4-3-12(6-13(14)15(19)20)21-8-10-5-11(17)2-1-9(10)7-18/h1-6H,8H2,(H,19,20). The van der Waals surface area contributed by atoms with E-state index in [2.05, 4.69) is 15.9 Å². The van der Waals surface area contributed by atoms with E-state index in [1.54, 1.807) is 18.2 Å². The molecule has 2 aromatic rings. The molecule has 0 amide bonds. The summed E-state index contributed by atoms with van der Waals surface area (Å²) in [6.45, 7) is 0. The van der Waals surface area contributed by atoms with Crippen LogP contribution in [-0.2, 0) is 5.75 Å². The molecule has 2 aromatic carbocycles. The molecule has 0 atom stereocenters. The van der Waals surface area contributed by atoms with Crippen LogP contribution in [0.25, 0.3) is 0 Å². The Morgan fingerprint density at radius 2 is 2.10 bits per heavy atom. The second-order valence-corrected chi connectivity index (χ2v) is 6.05. The first kappa shape index (κ1) is 15.5. The Morgan fingerprint density at radius 1 is 1.33 bits per heavy atom. The highest BCUT2D eigenvalue weighted by atomic mass is 79.9. The van der Waals surface area contributed by atoms with E-state index in [4.69, 9.17) is 10.4 Å². The molecule has 0 saturated carbocycles. The highest BCUT2D eigenvalue weighted by Crippen LogP contribution is 2.28. The van der Waals surface area contributed by atoms with Gasteiger partial charge < -0.3 is 5.11 Å². The molecule has 3 nitrogen and oxygen atoms in total. The molecule has 0 aliphatic heterocycles. The average molecular weight is 366 g/mol. The lowest BCUT2D eigenvalue weighted by Crippen LogP contribution is -1.97. The molecule has 2 rings (SSSR count). The van der Waals surface area contributed by atoms with Crippen molar-refractivity contribution in [2.75, 3.05) is 0 Å². The van der Waals surface area contributed by atoms with Gasteiger partial charge >= 0.3 is 5.97 Å². The molecular formula is C15H9BrFNO2S. The largest absolute Gasteiger partial charge is 0.478 e. The second-order valence-electron chi connectivity index (χ2n) is 4.15. The maximum Gasteiger partial charge on any atom is 0.336 e. The Kier molecular flexibility index (Phi) is 4.99. The predicted molar refractivity (Wildman–Crippen MR) is 81.8 cm³/mol. The van der Waals surface area contributed by atoms with Gasteiger partial charge in [0.1, 0.15) is 5.82 Å². The number of nitrogens with zero attached hydrogens (tertiary/aromatic N) is 1. The summed E-state index contributed by atoms with van der Waals surface area (Å²) in [5.74, 6) is -1.03. The zero-order valence-electron chi connectivity index (χ0n) is 10.6. The molecule has 1 N–H and O–H groups in total. The van der Waals surface area contributed by atoms with Gasteiger partial charge in [0.05, 0.1) is 17.2 Å². The Labute approximate surface area is 133 Å². The number of carboxylic acid groups (broad SMARTS) is 1. The summed E-state index contributed by atoms with van der Waals surface area (Å²) in [4.78, 5) is 11.8. The van der Waals surface area contributed by atoms with Crippen molar-refractivity contribution in [3.63, 3.8) is 0 Å². The summed E-state index contributed by atoms with van der Waals surface area (Å²) in [5.41, 5.74) is 1.17. The van der Waals surface area contributed by atoms with Gasteiger partial charge in [0.15, 0.2) is 0 Å². The van der Waals surface area contributed by atoms with E-state index >= 15 is 0 Å². The van der Waals surface area contributed by atoms with Crippen LogP contribution in [0.3, 0.4) is 0 Å². The van der Waals surface area contributed by atoms with E-state index in [0.717, 1.165) is 4.90 Å². The van der Waals surface area contributed by atoms with E-state index < -0.39 is 11.8 Å². The number of rotatable bonds is 4. The van der Waals surface area contributed by atoms with Crippen LogP contribution in [0.2, 0.25) is 0 Å². The quantitative estimate of drug-likeness (QED) is 0.813. The lowest BCUT2D eigenvalue weighted by molar-refractivity contribution is 0.0695. The third kappa shape index (κ3) is 3.84. The zero-order valence-corrected chi connectivity index (χ0v) is 13.0. The number of carbonyl (C=O) groups is 1. The Morgan fingerprint density at radius 3 is 2.76 bits per heavy atom. The Hall–Kier alpha value is -1.84. The third-order valence-electron chi connectivity index (χ3n) is 2.75. The van der Waals surface area contributed by atoms with Gasteiger partial charge in [-0.3, -0.25) is 0 Å². The summed E-state index contributed by atoms with van der Waals surface area (Å²) < 4.78 is 13.7. The molecule has 0 spiro atoms. The molecule has 21 heavy (non-hydrogen) atoms. The van der Waals surface area contributed by atoms with Crippen LogP contribution in [0.4, 0.5) is 4.39 Å². The molecule has 0 aromatic heterocycles. The molecule has 0 radical (unpaired) electrons. The second kappa shape index (κ2) is 6.74. The van der Waals surface area contributed by atoms with Crippen LogP contribution < -0.4 is 0 Å². The molecule has 0 heterocycles. The molecule has 0 bridgehead atoms. The predicted octanol–water partition coefficient (Wildman–Crippen LogP) is 4.45. The van der Waals surface area contributed by atoms with Gasteiger partial charge in [-0.05, 0) is 57.9 Å². The number of hydrogen-bond donors (Lipinski definition) is 1. The zero-order chi connectivity index (χ0) is 15.4. The number of benzene rings is 2. The number of nitriles is 1. The van der Waals surface area contributed by atoms with Crippen LogP contribution >= 0.6 is 27.7 Å².